The molecular weight excluding hydrogens is 273 g/mol. The second kappa shape index (κ2) is 6.17. The first-order chi connectivity index (χ1) is 9.99. The van der Waals surface area contributed by atoms with E-state index in [1.807, 2.05) is 7.05 Å². The summed E-state index contributed by atoms with van der Waals surface area (Å²) in [6, 6.07) is 7.84. The van der Waals surface area contributed by atoms with Gasteiger partial charge in [0.1, 0.15) is 11.5 Å². The lowest BCUT2D eigenvalue weighted by Gasteiger charge is -2.18. The van der Waals surface area contributed by atoms with Crippen LogP contribution in [0.5, 0.6) is 0 Å². The molecule has 0 fully saturated rings. The molecule has 1 aromatic heterocycles. The third-order valence-corrected chi connectivity index (χ3v) is 2.89. The number of amidine groups is 1. The standard InChI is InChI=1S/C14H16FN5O/c1-9-7-12(13(16)19-21)18-14(17-9)20(2)8-10-3-5-11(15)6-4-10/h3-7,21H,8H2,1-2H3,(H2,16,19). The van der Waals surface area contributed by atoms with Crippen molar-refractivity contribution in [3.8, 4) is 0 Å². The minimum absolute atomic E-state index is 0.0723. The summed E-state index contributed by atoms with van der Waals surface area (Å²) in [6.45, 7) is 2.31. The van der Waals surface area contributed by atoms with E-state index in [1.54, 1.807) is 30.0 Å². The maximum absolute atomic E-state index is 12.9. The SMILES string of the molecule is Cc1cc(/C(N)=N/O)nc(N(C)Cc2ccc(F)cc2)n1. The number of aromatic nitrogens is 2. The summed E-state index contributed by atoms with van der Waals surface area (Å²) in [4.78, 5) is 10.4. The van der Waals surface area contributed by atoms with Crippen molar-refractivity contribution in [2.24, 2.45) is 10.9 Å². The molecule has 1 aromatic carbocycles. The largest absolute Gasteiger partial charge is 0.409 e. The highest BCUT2D eigenvalue weighted by Crippen LogP contribution is 2.13. The predicted octanol–water partition coefficient (Wildman–Crippen LogP) is 1.66. The molecule has 0 unspecified atom stereocenters. The number of aryl methyl sites for hydroxylation is 1. The first-order valence-corrected chi connectivity index (χ1v) is 6.29. The number of nitrogens with two attached hydrogens (primary N) is 1. The number of nitrogens with zero attached hydrogens (tertiary/aromatic N) is 4. The summed E-state index contributed by atoms with van der Waals surface area (Å²) >= 11 is 0. The van der Waals surface area contributed by atoms with Crippen molar-refractivity contribution in [3.63, 3.8) is 0 Å². The lowest BCUT2D eigenvalue weighted by Crippen LogP contribution is -2.22. The molecule has 0 amide bonds. The van der Waals surface area contributed by atoms with Gasteiger partial charge >= 0.3 is 0 Å². The molecule has 2 rings (SSSR count). The summed E-state index contributed by atoms with van der Waals surface area (Å²) < 4.78 is 12.9. The Morgan fingerprint density at radius 3 is 2.62 bits per heavy atom. The van der Waals surface area contributed by atoms with Gasteiger partial charge in [0.25, 0.3) is 0 Å². The van der Waals surface area contributed by atoms with E-state index in [-0.39, 0.29) is 11.7 Å². The Balaban J connectivity index is 2.24. The summed E-state index contributed by atoms with van der Waals surface area (Å²) in [5.41, 5.74) is 7.53. The van der Waals surface area contributed by atoms with Crippen LogP contribution in [0.25, 0.3) is 0 Å². The van der Waals surface area contributed by atoms with Gasteiger partial charge in [0.2, 0.25) is 5.95 Å². The molecule has 1 heterocycles. The van der Waals surface area contributed by atoms with Gasteiger partial charge in [-0.25, -0.2) is 14.4 Å². The molecule has 0 aliphatic heterocycles. The molecule has 3 N–H and O–H groups in total. The quantitative estimate of drug-likeness (QED) is 0.387. The van der Waals surface area contributed by atoms with Crippen molar-refractivity contribution in [1.82, 2.24) is 9.97 Å². The molecule has 0 spiro atoms. The van der Waals surface area contributed by atoms with Crippen molar-refractivity contribution in [2.75, 3.05) is 11.9 Å². The van der Waals surface area contributed by atoms with Gasteiger partial charge in [0.15, 0.2) is 5.84 Å². The van der Waals surface area contributed by atoms with E-state index in [4.69, 9.17) is 10.9 Å². The molecule has 110 valence electrons. The smallest absolute Gasteiger partial charge is 0.226 e. The molecule has 0 bridgehead atoms. The lowest BCUT2D eigenvalue weighted by atomic mass is 10.2. The second-order valence-electron chi connectivity index (χ2n) is 4.66. The molecule has 0 aliphatic rings. The predicted molar refractivity (Wildman–Crippen MR) is 77.8 cm³/mol. The fourth-order valence-electron chi connectivity index (χ4n) is 1.84. The number of rotatable bonds is 4. The fraction of sp³-hybridized carbons (Fsp3) is 0.214. The number of benzene rings is 1. The third kappa shape index (κ3) is 3.65. The van der Waals surface area contributed by atoms with Crippen molar-refractivity contribution in [1.29, 1.82) is 0 Å². The highest BCUT2D eigenvalue weighted by Gasteiger charge is 2.10. The maximum Gasteiger partial charge on any atom is 0.226 e. The highest BCUT2D eigenvalue weighted by molar-refractivity contribution is 5.95. The Kier molecular flexibility index (Phi) is 4.32. The second-order valence-corrected chi connectivity index (χ2v) is 4.66. The normalized spacial score (nSPS) is 11.5. The number of hydrogen-bond donors (Lipinski definition) is 2. The summed E-state index contributed by atoms with van der Waals surface area (Å²) in [6.07, 6.45) is 0. The fourth-order valence-corrected chi connectivity index (χ4v) is 1.84. The average Bonchev–Trinajstić information content (AvgIpc) is 2.48. The van der Waals surface area contributed by atoms with Crippen LogP contribution in [0.1, 0.15) is 17.0 Å². The summed E-state index contributed by atoms with van der Waals surface area (Å²) in [5, 5.41) is 11.7. The Hall–Kier alpha value is -2.70. The molecule has 21 heavy (non-hydrogen) atoms. The summed E-state index contributed by atoms with van der Waals surface area (Å²) in [5.74, 6) is 0.0975. The Morgan fingerprint density at radius 1 is 1.33 bits per heavy atom. The van der Waals surface area contributed by atoms with E-state index in [0.717, 1.165) is 5.56 Å². The van der Waals surface area contributed by atoms with Crippen LogP contribution in [-0.2, 0) is 6.54 Å². The molecule has 0 aliphatic carbocycles. The molecular formula is C14H16FN5O. The first kappa shape index (κ1) is 14.7. The van der Waals surface area contributed by atoms with Gasteiger partial charge in [-0.05, 0) is 30.7 Å². The van der Waals surface area contributed by atoms with Gasteiger partial charge in [-0.1, -0.05) is 17.3 Å². The van der Waals surface area contributed by atoms with E-state index in [2.05, 4.69) is 15.1 Å². The zero-order valence-electron chi connectivity index (χ0n) is 11.8. The Bertz CT molecular complexity index is 657. The first-order valence-electron chi connectivity index (χ1n) is 6.29. The third-order valence-electron chi connectivity index (χ3n) is 2.89. The van der Waals surface area contributed by atoms with E-state index in [9.17, 15) is 4.39 Å². The molecule has 2 aromatic rings. The van der Waals surface area contributed by atoms with Gasteiger partial charge in [0.05, 0.1) is 0 Å². The van der Waals surface area contributed by atoms with Crippen LogP contribution < -0.4 is 10.6 Å². The van der Waals surface area contributed by atoms with Crippen LogP contribution in [0, 0.1) is 12.7 Å². The minimum atomic E-state index is -0.276. The minimum Gasteiger partial charge on any atom is -0.409 e. The van der Waals surface area contributed by atoms with Crippen molar-refractivity contribution < 1.29 is 9.60 Å². The zero-order chi connectivity index (χ0) is 15.4. The maximum atomic E-state index is 12.9. The molecule has 0 saturated heterocycles. The van der Waals surface area contributed by atoms with Crippen LogP contribution in [0.2, 0.25) is 0 Å². The molecule has 6 nitrogen and oxygen atoms in total. The van der Waals surface area contributed by atoms with Crippen molar-refractivity contribution in [3.05, 3.63) is 53.1 Å². The number of halogens is 1. The highest BCUT2D eigenvalue weighted by atomic mass is 19.1. The monoisotopic (exact) mass is 289 g/mol. The molecule has 0 radical (unpaired) electrons. The van der Waals surface area contributed by atoms with Crippen LogP contribution in [0.4, 0.5) is 10.3 Å². The lowest BCUT2D eigenvalue weighted by molar-refractivity contribution is 0.318. The van der Waals surface area contributed by atoms with E-state index < -0.39 is 0 Å². The van der Waals surface area contributed by atoms with Gasteiger partial charge in [0, 0.05) is 19.3 Å². The van der Waals surface area contributed by atoms with E-state index >= 15 is 0 Å². The Morgan fingerprint density at radius 2 is 2.00 bits per heavy atom. The van der Waals surface area contributed by atoms with Gasteiger partial charge < -0.3 is 15.8 Å². The van der Waals surface area contributed by atoms with Crippen LogP contribution in [-0.4, -0.2) is 28.1 Å². The van der Waals surface area contributed by atoms with E-state index in [0.29, 0.717) is 23.9 Å². The van der Waals surface area contributed by atoms with Crippen LogP contribution >= 0.6 is 0 Å². The molecule has 0 saturated carbocycles. The Labute approximate surface area is 121 Å². The van der Waals surface area contributed by atoms with Crippen molar-refractivity contribution in [2.45, 2.75) is 13.5 Å². The van der Waals surface area contributed by atoms with Crippen molar-refractivity contribution >= 4 is 11.8 Å². The zero-order valence-corrected chi connectivity index (χ0v) is 11.8. The van der Waals surface area contributed by atoms with Gasteiger partial charge in [-0.2, -0.15) is 0 Å². The number of oxime groups is 1. The van der Waals surface area contributed by atoms with Gasteiger partial charge in [-0.3, -0.25) is 0 Å². The average molecular weight is 289 g/mol. The molecule has 7 heteroatoms. The number of anilines is 1. The summed E-state index contributed by atoms with van der Waals surface area (Å²) in [7, 11) is 1.81. The topological polar surface area (TPSA) is 87.6 Å². The van der Waals surface area contributed by atoms with Gasteiger partial charge in [-0.15, -0.1) is 0 Å². The van der Waals surface area contributed by atoms with E-state index in [1.165, 1.54) is 12.1 Å². The van der Waals surface area contributed by atoms with Crippen LogP contribution in [0.3, 0.4) is 0 Å². The number of hydrogen-bond acceptors (Lipinski definition) is 5. The van der Waals surface area contributed by atoms with Crippen LogP contribution in [0.15, 0.2) is 35.5 Å². The molecule has 0 atom stereocenters.